The number of furan rings is 1. The average Bonchev–Trinajstić information content (AvgIpc) is 3.04. The zero-order chi connectivity index (χ0) is 14.1. The molecule has 5 nitrogen and oxygen atoms in total. The highest BCUT2D eigenvalue weighted by Crippen LogP contribution is 2.28. The second-order valence-electron chi connectivity index (χ2n) is 5.83. The molecule has 0 radical (unpaired) electrons. The number of aromatic nitrogens is 1. The summed E-state index contributed by atoms with van der Waals surface area (Å²) in [5.41, 5.74) is 0.926. The highest BCUT2D eigenvalue weighted by molar-refractivity contribution is 5.88. The van der Waals surface area contributed by atoms with Crippen LogP contribution in [0.3, 0.4) is 0 Å². The van der Waals surface area contributed by atoms with Crippen LogP contribution in [0, 0.1) is 0 Å². The molecule has 0 N–H and O–H groups in total. The highest BCUT2D eigenvalue weighted by atomic mass is 16.5. The van der Waals surface area contributed by atoms with Crippen molar-refractivity contribution in [3.8, 4) is 0 Å². The maximum Gasteiger partial charge on any atom is 0.139 e. The number of morpholine rings is 1. The molecule has 0 aliphatic carbocycles. The number of hydrogen-bond donors (Lipinski definition) is 0. The molecule has 0 aromatic carbocycles. The van der Waals surface area contributed by atoms with E-state index < -0.39 is 0 Å². The first-order valence-corrected chi connectivity index (χ1v) is 7.81. The molecule has 4 heterocycles. The van der Waals surface area contributed by atoms with Gasteiger partial charge < -0.3 is 14.1 Å². The van der Waals surface area contributed by atoms with Crippen LogP contribution in [-0.4, -0.2) is 55.3 Å². The van der Waals surface area contributed by atoms with Gasteiger partial charge in [-0.1, -0.05) is 0 Å². The van der Waals surface area contributed by atoms with E-state index in [0.717, 1.165) is 56.2 Å². The third kappa shape index (κ3) is 2.51. The predicted octanol–water partition coefficient (Wildman–Crippen LogP) is 2.13. The van der Waals surface area contributed by atoms with Gasteiger partial charge in [-0.2, -0.15) is 0 Å². The van der Waals surface area contributed by atoms with E-state index in [1.165, 1.54) is 12.8 Å². The largest absolute Gasteiger partial charge is 0.464 e. The minimum atomic E-state index is 0.703. The minimum Gasteiger partial charge on any atom is -0.464 e. The molecule has 112 valence electrons. The van der Waals surface area contributed by atoms with Crippen molar-refractivity contribution in [2.24, 2.45) is 0 Å². The van der Waals surface area contributed by atoms with Crippen LogP contribution in [0.2, 0.25) is 0 Å². The maximum absolute atomic E-state index is 5.48. The first-order valence-electron chi connectivity index (χ1n) is 7.81. The molecule has 2 aromatic rings. The Hall–Kier alpha value is -1.59. The number of nitrogens with zero attached hydrogens (tertiary/aromatic N) is 3. The fourth-order valence-corrected chi connectivity index (χ4v) is 3.52. The summed E-state index contributed by atoms with van der Waals surface area (Å²) < 4.78 is 10.9. The topological polar surface area (TPSA) is 41.7 Å². The molecule has 0 saturated carbocycles. The van der Waals surface area contributed by atoms with Gasteiger partial charge in [0.2, 0.25) is 0 Å². The van der Waals surface area contributed by atoms with Crippen molar-refractivity contribution in [2.45, 2.75) is 18.9 Å². The smallest absolute Gasteiger partial charge is 0.139 e. The summed E-state index contributed by atoms with van der Waals surface area (Å²) >= 11 is 0. The van der Waals surface area contributed by atoms with Gasteiger partial charge in [0.15, 0.2) is 0 Å². The quantitative estimate of drug-likeness (QED) is 0.846. The van der Waals surface area contributed by atoms with Crippen molar-refractivity contribution in [3.05, 3.63) is 24.6 Å². The van der Waals surface area contributed by atoms with Crippen molar-refractivity contribution in [1.82, 2.24) is 9.88 Å². The molecular weight excluding hydrogens is 266 g/mol. The van der Waals surface area contributed by atoms with Gasteiger partial charge in [0.25, 0.3) is 0 Å². The van der Waals surface area contributed by atoms with Crippen LogP contribution in [0.5, 0.6) is 0 Å². The lowest BCUT2D eigenvalue weighted by atomic mass is 10.0. The molecule has 0 bridgehead atoms. The first-order chi connectivity index (χ1) is 10.4. The molecule has 4 rings (SSSR count). The van der Waals surface area contributed by atoms with Crippen molar-refractivity contribution >= 4 is 16.8 Å². The molecule has 0 spiro atoms. The molecule has 2 saturated heterocycles. The van der Waals surface area contributed by atoms with Crippen LogP contribution >= 0.6 is 0 Å². The lowest BCUT2D eigenvalue weighted by molar-refractivity contribution is 0.0115. The molecule has 5 heteroatoms. The van der Waals surface area contributed by atoms with E-state index in [-0.39, 0.29) is 0 Å². The predicted molar refractivity (Wildman–Crippen MR) is 81.6 cm³/mol. The zero-order valence-corrected chi connectivity index (χ0v) is 12.2. The van der Waals surface area contributed by atoms with E-state index in [2.05, 4.69) is 14.8 Å². The summed E-state index contributed by atoms with van der Waals surface area (Å²) in [5.74, 6) is 1.07. The van der Waals surface area contributed by atoms with E-state index in [0.29, 0.717) is 6.04 Å². The van der Waals surface area contributed by atoms with Crippen LogP contribution in [0.1, 0.15) is 12.8 Å². The highest BCUT2D eigenvalue weighted by Gasteiger charge is 2.27. The van der Waals surface area contributed by atoms with Crippen LogP contribution in [0.4, 0.5) is 5.82 Å². The molecule has 21 heavy (non-hydrogen) atoms. The van der Waals surface area contributed by atoms with Gasteiger partial charge in [0, 0.05) is 38.4 Å². The fraction of sp³-hybridized carbons (Fsp3) is 0.562. The fourth-order valence-electron chi connectivity index (χ4n) is 3.52. The Kier molecular flexibility index (Phi) is 3.53. The first kappa shape index (κ1) is 13.1. The van der Waals surface area contributed by atoms with Gasteiger partial charge >= 0.3 is 0 Å². The summed E-state index contributed by atoms with van der Waals surface area (Å²) in [6, 6.07) is 4.65. The lowest BCUT2D eigenvalue weighted by Crippen LogP contribution is -2.49. The third-order valence-electron chi connectivity index (χ3n) is 4.68. The van der Waals surface area contributed by atoms with Gasteiger partial charge in [-0.15, -0.1) is 0 Å². The van der Waals surface area contributed by atoms with Crippen LogP contribution in [0.25, 0.3) is 11.0 Å². The molecule has 2 fully saturated rings. The van der Waals surface area contributed by atoms with E-state index in [1.807, 2.05) is 18.3 Å². The summed E-state index contributed by atoms with van der Waals surface area (Å²) in [5, 5.41) is 1.13. The summed E-state index contributed by atoms with van der Waals surface area (Å²) in [6.07, 6.45) is 6.00. The monoisotopic (exact) mass is 287 g/mol. The number of fused-ring (bicyclic) bond motifs is 1. The Morgan fingerprint density at radius 2 is 1.86 bits per heavy atom. The summed E-state index contributed by atoms with van der Waals surface area (Å²) in [7, 11) is 0. The van der Waals surface area contributed by atoms with Crippen molar-refractivity contribution in [3.63, 3.8) is 0 Å². The van der Waals surface area contributed by atoms with Crippen molar-refractivity contribution in [2.75, 3.05) is 44.3 Å². The van der Waals surface area contributed by atoms with Crippen molar-refractivity contribution in [1.29, 1.82) is 0 Å². The number of piperidine rings is 1. The molecule has 2 aromatic heterocycles. The maximum atomic E-state index is 5.48. The molecule has 0 unspecified atom stereocenters. The SMILES string of the molecule is c1cc2occc2c(N2CCC(N3CCOCC3)CC2)n1. The van der Waals surface area contributed by atoms with E-state index in [4.69, 9.17) is 9.15 Å². The summed E-state index contributed by atoms with van der Waals surface area (Å²) in [4.78, 5) is 9.56. The van der Waals surface area contributed by atoms with E-state index in [1.54, 1.807) is 6.26 Å². The summed E-state index contributed by atoms with van der Waals surface area (Å²) in [6.45, 7) is 6.07. The number of pyridine rings is 1. The van der Waals surface area contributed by atoms with Gasteiger partial charge in [-0.05, 0) is 25.0 Å². The van der Waals surface area contributed by atoms with Crippen LogP contribution < -0.4 is 4.90 Å². The number of anilines is 1. The molecule has 0 amide bonds. The second kappa shape index (κ2) is 5.66. The lowest BCUT2D eigenvalue weighted by Gasteiger charge is -2.40. The van der Waals surface area contributed by atoms with Gasteiger partial charge in [0.05, 0.1) is 24.9 Å². The normalized spacial score (nSPS) is 22.0. The molecule has 2 aliphatic heterocycles. The molecular formula is C16H21N3O2. The second-order valence-corrected chi connectivity index (χ2v) is 5.83. The number of ether oxygens (including phenoxy) is 1. The Morgan fingerprint density at radius 1 is 1.05 bits per heavy atom. The Balaban J connectivity index is 1.46. The zero-order valence-electron chi connectivity index (χ0n) is 12.2. The van der Waals surface area contributed by atoms with Gasteiger partial charge in [0.1, 0.15) is 11.4 Å². The Labute approximate surface area is 124 Å². The van der Waals surface area contributed by atoms with Gasteiger partial charge in [-0.25, -0.2) is 4.98 Å². The minimum absolute atomic E-state index is 0.703. The number of rotatable bonds is 2. The Bertz CT molecular complexity index is 598. The Morgan fingerprint density at radius 3 is 2.67 bits per heavy atom. The van der Waals surface area contributed by atoms with Crippen molar-refractivity contribution < 1.29 is 9.15 Å². The third-order valence-corrected chi connectivity index (χ3v) is 4.68. The van der Waals surface area contributed by atoms with Crippen LogP contribution in [-0.2, 0) is 4.74 Å². The average molecular weight is 287 g/mol. The van der Waals surface area contributed by atoms with Crippen LogP contribution in [0.15, 0.2) is 29.0 Å². The molecule has 0 atom stereocenters. The molecule has 2 aliphatic rings. The van der Waals surface area contributed by atoms with E-state index >= 15 is 0 Å². The van der Waals surface area contributed by atoms with Gasteiger partial charge in [-0.3, -0.25) is 4.90 Å². The number of hydrogen-bond acceptors (Lipinski definition) is 5. The van der Waals surface area contributed by atoms with E-state index in [9.17, 15) is 0 Å². The standard InChI is InChI=1S/C16H21N3O2/c1-5-17-16(14-4-10-21-15(1)14)19-6-2-13(3-7-19)18-8-11-20-12-9-18/h1,4-5,10,13H,2-3,6-9,11-12H2.